The van der Waals surface area contributed by atoms with Gasteiger partial charge in [0.15, 0.2) is 5.96 Å². The van der Waals surface area contributed by atoms with Gasteiger partial charge in [-0.2, -0.15) is 11.8 Å². The standard InChI is InChI=1S/C15H29N3OS/c1-3-16-15(17-8-9-19-11-12-4-5-12)18-13-6-7-14(10-13)20-2/h12-14H,3-11H2,1-2H3,(H2,16,17,18). The molecule has 2 N–H and O–H groups in total. The summed E-state index contributed by atoms with van der Waals surface area (Å²) in [6.45, 7) is 5.44. The maximum Gasteiger partial charge on any atom is 0.191 e. The zero-order valence-electron chi connectivity index (χ0n) is 12.9. The molecule has 4 nitrogen and oxygen atoms in total. The van der Waals surface area contributed by atoms with E-state index >= 15 is 0 Å². The predicted molar refractivity (Wildman–Crippen MR) is 87.6 cm³/mol. The fourth-order valence-corrected chi connectivity index (χ4v) is 3.35. The summed E-state index contributed by atoms with van der Waals surface area (Å²) in [5, 5.41) is 7.71. The van der Waals surface area contributed by atoms with E-state index in [-0.39, 0.29) is 0 Å². The molecule has 2 aliphatic rings. The molecule has 0 aliphatic heterocycles. The minimum atomic E-state index is 0.581. The van der Waals surface area contributed by atoms with E-state index in [0.29, 0.717) is 6.04 Å². The van der Waals surface area contributed by atoms with Gasteiger partial charge in [0.05, 0.1) is 13.2 Å². The van der Waals surface area contributed by atoms with Gasteiger partial charge in [0.2, 0.25) is 0 Å². The Morgan fingerprint density at radius 3 is 2.80 bits per heavy atom. The van der Waals surface area contributed by atoms with Crippen LogP contribution >= 0.6 is 11.8 Å². The van der Waals surface area contributed by atoms with Gasteiger partial charge in [-0.15, -0.1) is 0 Å². The molecule has 2 unspecified atom stereocenters. The largest absolute Gasteiger partial charge is 0.379 e. The number of thioether (sulfide) groups is 1. The van der Waals surface area contributed by atoms with E-state index in [9.17, 15) is 0 Å². The maximum absolute atomic E-state index is 5.62. The quantitative estimate of drug-likeness (QED) is 0.410. The Hall–Kier alpha value is -0.420. The summed E-state index contributed by atoms with van der Waals surface area (Å²) in [7, 11) is 0. The second-order valence-electron chi connectivity index (χ2n) is 5.79. The van der Waals surface area contributed by atoms with Crippen LogP contribution < -0.4 is 10.6 Å². The summed E-state index contributed by atoms with van der Waals surface area (Å²) in [6, 6.07) is 0.581. The summed E-state index contributed by atoms with van der Waals surface area (Å²) in [5.74, 6) is 1.79. The molecule has 0 spiro atoms. The molecule has 2 atom stereocenters. The molecule has 0 saturated heterocycles. The second-order valence-corrected chi connectivity index (χ2v) is 6.93. The van der Waals surface area contributed by atoms with Gasteiger partial charge in [-0.1, -0.05) is 0 Å². The van der Waals surface area contributed by atoms with E-state index in [1.54, 1.807) is 0 Å². The van der Waals surface area contributed by atoms with E-state index < -0.39 is 0 Å². The zero-order valence-corrected chi connectivity index (χ0v) is 13.7. The SMILES string of the molecule is CCNC(=NCCOCC1CC1)NC1CCC(SC)C1. The molecule has 2 fully saturated rings. The number of nitrogens with zero attached hydrogens (tertiary/aromatic N) is 1. The molecule has 116 valence electrons. The Kier molecular flexibility index (Phi) is 7.00. The summed E-state index contributed by atoms with van der Waals surface area (Å²) in [5.41, 5.74) is 0. The van der Waals surface area contributed by atoms with Gasteiger partial charge in [0, 0.05) is 24.4 Å². The van der Waals surface area contributed by atoms with Crippen LogP contribution in [0.1, 0.15) is 39.0 Å². The number of hydrogen-bond donors (Lipinski definition) is 2. The van der Waals surface area contributed by atoms with Gasteiger partial charge >= 0.3 is 0 Å². The Morgan fingerprint density at radius 2 is 2.15 bits per heavy atom. The maximum atomic E-state index is 5.62. The molecule has 2 saturated carbocycles. The van der Waals surface area contributed by atoms with Crippen LogP contribution in [0.4, 0.5) is 0 Å². The molecule has 20 heavy (non-hydrogen) atoms. The minimum Gasteiger partial charge on any atom is -0.379 e. The molecule has 0 amide bonds. The number of aliphatic imine (C=N–C) groups is 1. The Labute approximate surface area is 127 Å². The highest BCUT2D eigenvalue weighted by molar-refractivity contribution is 7.99. The fourth-order valence-electron chi connectivity index (χ4n) is 2.56. The lowest BCUT2D eigenvalue weighted by Gasteiger charge is -2.17. The molecule has 0 aromatic rings. The van der Waals surface area contributed by atoms with Crippen LogP contribution in [0.3, 0.4) is 0 Å². The summed E-state index contributed by atoms with van der Waals surface area (Å²) >= 11 is 1.99. The first-order valence-corrected chi connectivity index (χ1v) is 9.26. The fraction of sp³-hybridized carbons (Fsp3) is 0.933. The van der Waals surface area contributed by atoms with Gasteiger partial charge in [0.25, 0.3) is 0 Å². The number of rotatable bonds is 8. The summed E-state index contributed by atoms with van der Waals surface area (Å²) < 4.78 is 5.62. The number of nitrogens with one attached hydrogen (secondary N) is 2. The zero-order chi connectivity index (χ0) is 14.2. The van der Waals surface area contributed by atoms with Crippen LogP contribution in [-0.2, 0) is 4.74 Å². The van der Waals surface area contributed by atoms with E-state index in [4.69, 9.17) is 4.74 Å². The van der Waals surface area contributed by atoms with Crippen molar-refractivity contribution in [2.24, 2.45) is 10.9 Å². The van der Waals surface area contributed by atoms with Crippen molar-refractivity contribution in [2.45, 2.75) is 50.3 Å². The van der Waals surface area contributed by atoms with Crippen LogP contribution in [-0.4, -0.2) is 49.8 Å². The average molecular weight is 299 g/mol. The van der Waals surface area contributed by atoms with Crippen molar-refractivity contribution in [1.82, 2.24) is 10.6 Å². The number of ether oxygens (including phenoxy) is 1. The Bertz CT molecular complexity index is 307. The van der Waals surface area contributed by atoms with Crippen molar-refractivity contribution in [1.29, 1.82) is 0 Å². The highest BCUT2D eigenvalue weighted by Crippen LogP contribution is 2.29. The third-order valence-corrected chi connectivity index (χ3v) is 5.05. The lowest BCUT2D eigenvalue weighted by molar-refractivity contribution is 0.131. The molecular formula is C15H29N3OS. The van der Waals surface area contributed by atoms with Gasteiger partial charge < -0.3 is 15.4 Å². The van der Waals surface area contributed by atoms with Crippen LogP contribution in [0.2, 0.25) is 0 Å². The molecule has 5 heteroatoms. The van der Waals surface area contributed by atoms with Crippen molar-refractivity contribution >= 4 is 17.7 Å². The first-order chi connectivity index (χ1) is 9.81. The number of hydrogen-bond acceptors (Lipinski definition) is 3. The van der Waals surface area contributed by atoms with Gasteiger partial charge in [-0.3, -0.25) is 4.99 Å². The van der Waals surface area contributed by atoms with Crippen molar-refractivity contribution in [2.75, 3.05) is 32.6 Å². The van der Waals surface area contributed by atoms with Gasteiger partial charge in [-0.05, 0) is 51.2 Å². The predicted octanol–water partition coefficient (Wildman–Crippen LogP) is 2.25. The summed E-state index contributed by atoms with van der Waals surface area (Å²) in [6.07, 6.45) is 8.75. The Morgan fingerprint density at radius 1 is 1.30 bits per heavy atom. The Balaban J connectivity index is 1.65. The highest BCUT2D eigenvalue weighted by atomic mass is 32.2. The van der Waals surface area contributed by atoms with Crippen molar-refractivity contribution in [3.8, 4) is 0 Å². The van der Waals surface area contributed by atoms with Crippen molar-refractivity contribution < 1.29 is 4.74 Å². The number of guanidine groups is 1. The van der Waals surface area contributed by atoms with E-state index in [0.717, 1.165) is 43.4 Å². The molecule has 2 rings (SSSR count). The summed E-state index contributed by atoms with van der Waals surface area (Å²) in [4.78, 5) is 4.61. The molecule has 0 aromatic heterocycles. The molecule has 0 heterocycles. The average Bonchev–Trinajstić information content (AvgIpc) is 3.16. The highest BCUT2D eigenvalue weighted by Gasteiger charge is 2.24. The minimum absolute atomic E-state index is 0.581. The van der Waals surface area contributed by atoms with Crippen molar-refractivity contribution in [3.05, 3.63) is 0 Å². The third kappa shape index (κ3) is 5.92. The van der Waals surface area contributed by atoms with Crippen LogP contribution in [0.25, 0.3) is 0 Å². The monoisotopic (exact) mass is 299 g/mol. The molecule has 0 aromatic carbocycles. The third-order valence-electron chi connectivity index (χ3n) is 3.96. The van der Waals surface area contributed by atoms with Gasteiger partial charge in [0.1, 0.15) is 0 Å². The van der Waals surface area contributed by atoms with Crippen LogP contribution in [0, 0.1) is 5.92 Å². The lowest BCUT2D eigenvalue weighted by atomic mass is 10.2. The van der Waals surface area contributed by atoms with E-state index in [1.165, 1.54) is 32.1 Å². The first kappa shape index (κ1) is 16.0. The molecule has 0 radical (unpaired) electrons. The van der Waals surface area contributed by atoms with E-state index in [2.05, 4.69) is 28.8 Å². The normalized spacial score (nSPS) is 26.8. The van der Waals surface area contributed by atoms with Crippen molar-refractivity contribution in [3.63, 3.8) is 0 Å². The molecular weight excluding hydrogens is 270 g/mol. The van der Waals surface area contributed by atoms with Crippen LogP contribution in [0.15, 0.2) is 4.99 Å². The topological polar surface area (TPSA) is 45.7 Å². The molecule has 0 bridgehead atoms. The first-order valence-electron chi connectivity index (χ1n) is 7.97. The smallest absolute Gasteiger partial charge is 0.191 e. The van der Waals surface area contributed by atoms with Crippen LogP contribution in [0.5, 0.6) is 0 Å². The van der Waals surface area contributed by atoms with E-state index in [1.807, 2.05) is 11.8 Å². The second kappa shape index (κ2) is 8.78. The lowest BCUT2D eigenvalue weighted by Crippen LogP contribution is -2.42. The van der Waals surface area contributed by atoms with Gasteiger partial charge in [-0.25, -0.2) is 0 Å². The molecule has 2 aliphatic carbocycles.